The first-order chi connectivity index (χ1) is 5.22. The lowest BCUT2D eigenvalue weighted by Gasteiger charge is -2.19. The van der Waals surface area contributed by atoms with E-state index in [1.165, 1.54) is 0 Å². The summed E-state index contributed by atoms with van der Waals surface area (Å²) in [6, 6.07) is 0. The molecule has 3 heteroatoms. The Morgan fingerprint density at radius 1 is 1.45 bits per heavy atom. The molecule has 0 saturated carbocycles. The van der Waals surface area contributed by atoms with Crippen molar-refractivity contribution >= 4 is 8.80 Å². The fourth-order valence-electron chi connectivity index (χ4n) is 1.14. The number of hydrogen-bond acceptors (Lipinski definition) is 2. The summed E-state index contributed by atoms with van der Waals surface area (Å²) >= 11 is 0. The van der Waals surface area contributed by atoms with Gasteiger partial charge in [0.15, 0.2) is 0 Å². The topological polar surface area (TPSA) is 35.2 Å². The maximum atomic E-state index is 5.61. The van der Waals surface area contributed by atoms with Crippen LogP contribution in [0.3, 0.4) is 0 Å². The number of hydrogen-bond donors (Lipinski definition) is 1. The summed E-state index contributed by atoms with van der Waals surface area (Å²) in [6.07, 6.45) is 2.27. The van der Waals surface area contributed by atoms with E-state index in [1.54, 1.807) is 0 Å². The maximum absolute atomic E-state index is 5.61. The Balaban J connectivity index is 3.51. The minimum Gasteiger partial charge on any atom is -0.382 e. The van der Waals surface area contributed by atoms with Crippen LogP contribution in [0.15, 0.2) is 0 Å². The average molecular weight is 175 g/mol. The predicted molar refractivity (Wildman–Crippen MR) is 52.6 cm³/mol. The minimum atomic E-state index is -0.613. The normalized spacial score (nSPS) is 13.9. The molecule has 0 heterocycles. The fourth-order valence-corrected chi connectivity index (χ4v) is 2.62. The van der Waals surface area contributed by atoms with Crippen molar-refractivity contribution in [3.05, 3.63) is 0 Å². The van der Waals surface area contributed by atoms with E-state index in [4.69, 9.17) is 10.5 Å². The van der Waals surface area contributed by atoms with Crippen molar-refractivity contribution in [2.45, 2.75) is 38.6 Å². The van der Waals surface area contributed by atoms with Crippen LogP contribution in [-0.4, -0.2) is 27.7 Å². The molecule has 0 bridgehead atoms. The molecule has 0 rings (SSSR count). The second kappa shape index (κ2) is 6.82. The van der Waals surface area contributed by atoms with Gasteiger partial charge >= 0.3 is 0 Å². The number of ether oxygens (including phenoxy) is 1. The zero-order chi connectivity index (χ0) is 8.69. The van der Waals surface area contributed by atoms with Gasteiger partial charge in [0, 0.05) is 12.3 Å². The molecule has 2 nitrogen and oxygen atoms in total. The Morgan fingerprint density at radius 3 is 2.45 bits per heavy atom. The molecule has 1 atom stereocenters. The molecule has 0 amide bonds. The highest BCUT2D eigenvalue weighted by Gasteiger charge is 2.12. The van der Waals surface area contributed by atoms with E-state index in [1.807, 2.05) is 0 Å². The smallest absolute Gasteiger partial charge is 0.0656 e. The van der Waals surface area contributed by atoms with Crippen LogP contribution >= 0.6 is 0 Å². The minimum absolute atomic E-state index is 0.545. The number of rotatable bonds is 6. The SMILES string of the molecule is CCOC(CCCN)[SiH](C)C. The Labute approximate surface area is 71.7 Å². The van der Waals surface area contributed by atoms with Crippen molar-refractivity contribution in [3.63, 3.8) is 0 Å². The fraction of sp³-hybridized carbons (Fsp3) is 1.00. The summed E-state index contributed by atoms with van der Waals surface area (Å²) < 4.78 is 5.61. The van der Waals surface area contributed by atoms with E-state index in [-0.39, 0.29) is 0 Å². The molecule has 0 radical (unpaired) electrons. The third-order valence-corrected chi connectivity index (χ3v) is 3.83. The van der Waals surface area contributed by atoms with E-state index >= 15 is 0 Å². The molecule has 68 valence electrons. The van der Waals surface area contributed by atoms with Crippen molar-refractivity contribution in [2.24, 2.45) is 5.73 Å². The summed E-state index contributed by atoms with van der Waals surface area (Å²) in [5, 5.41) is 0. The summed E-state index contributed by atoms with van der Waals surface area (Å²) in [7, 11) is -0.613. The quantitative estimate of drug-likeness (QED) is 0.615. The van der Waals surface area contributed by atoms with Crippen LogP contribution in [0.25, 0.3) is 0 Å². The number of nitrogens with two attached hydrogens (primary N) is 1. The third-order valence-electron chi connectivity index (χ3n) is 1.82. The highest BCUT2D eigenvalue weighted by molar-refractivity contribution is 6.57. The average Bonchev–Trinajstić information content (AvgIpc) is 1.97. The molecule has 0 aliphatic rings. The molecular formula is C8H21NOSi. The van der Waals surface area contributed by atoms with Gasteiger partial charge in [-0.05, 0) is 26.3 Å². The van der Waals surface area contributed by atoms with Gasteiger partial charge in [0.1, 0.15) is 0 Å². The van der Waals surface area contributed by atoms with Gasteiger partial charge in [0.05, 0.1) is 8.80 Å². The van der Waals surface area contributed by atoms with Gasteiger partial charge in [-0.3, -0.25) is 0 Å². The summed E-state index contributed by atoms with van der Waals surface area (Å²) in [6.45, 7) is 8.37. The van der Waals surface area contributed by atoms with E-state index in [0.29, 0.717) is 5.73 Å². The van der Waals surface area contributed by atoms with Crippen molar-refractivity contribution < 1.29 is 4.74 Å². The molecule has 0 spiro atoms. The van der Waals surface area contributed by atoms with E-state index in [9.17, 15) is 0 Å². The molecule has 11 heavy (non-hydrogen) atoms. The van der Waals surface area contributed by atoms with Crippen LogP contribution in [0.5, 0.6) is 0 Å². The molecule has 0 aromatic carbocycles. The zero-order valence-electron chi connectivity index (χ0n) is 7.97. The molecule has 0 saturated heterocycles. The van der Waals surface area contributed by atoms with Crippen LogP contribution in [0.2, 0.25) is 13.1 Å². The summed E-state index contributed by atoms with van der Waals surface area (Å²) in [5.41, 5.74) is 5.98. The highest BCUT2D eigenvalue weighted by Crippen LogP contribution is 2.05. The Kier molecular flexibility index (Phi) is 6.91. The third kappa shape index (κ3) is 5.41. The molecule has 0 aliphatic carbocycles. The van der Waals surface area contributed by atoms with Gasteiger partial charge in [0.25, 0.3) is 0 Å². The lowest BCUT2D eigenvalue weighted by atomic mass is 10.3. The molecule has 2 N–H and O–H groups in total. The lowest BCUT2D eigenvalue weighted by molar-refractivity contribution is 0.107. The largest absolute Gasteiger partial charge is 0.382 e. The van der Waals surface area contributed by atoms with Gasteiger partial charge in [-0.25, -0.2) is 0 Å². The van der Waals surface area contributed by atoms with Crippen LogP contribution in [0.4, 0.5) is 0 Å². The lowest BCUT2D eigenvalue weighted by Crippen LogP contribution is -2.28. The van der Waals surface area contributed by atoms with Crippen LogP contribution in [0, 0.1) is 0 Å². The van der Waals surface area contributed by atoms with Gasteiger partial charge in [-0.2, -0.15) is 0 Å². The standard InChI is InChI=1S/C8H21NOSi/c1-4-10-8(11(2)3)6-5-7-9/h8,11H,4-7,9H2,1-3H3. The Morgan fingerprint density at radius 2 is 2.09 bits per heavy atom. The Hall–Kier alpha value is 0.137. The first-order valence-corrected chi connectivity index (χ1v) is 7.51. The molecule has 0 aromatic heterocycles. The predicted octanol–water partition coefficient (Wildman–Crippen LogP) is 1.16. The van der Waals surface area contributed by atoms with Crippen molar-refractivity contribution in [3.8, 4) is 0 Å². The second-order valence-corrected chi connectivity index (χ2v) is 6.40. The van der Waals surface area contributed by atoms with Crippen LogP contribution < -0.4 is 5.73 Å². The van der Waals surface area contributed by atoms with Crippen molar-refractivity contribution in [1.82, 2.24) is 0 Å². The zero-order valence-corrected chi connectivity index (χ0v) is 9.12. The molecule has 0 aliphatic heterocycles. The monoisotopic (exact) mass is 175 g/mol. The molecule has 0 fully saturated rings. The molecule has 1 unspecified atom stereocenters. The van der Waals surface area contributed by atoms with Gasteiger partial charge in [-0.15, -0.1) is 0 Å². The van der Waals surface area contributed by atoms with E-state index in [0.717, 1.165) is 26.0 Å². The Bertz CT molecular complexity index is 88.2. The van der Waals surface area contributed by atoms with Crippen LogP contribution in [0.1, 0.15) is 19.8 Å². The van der Waals surface area contributed by atoms with Gasteiger partial charge in [0.2, 0.25) is 0 Å². The summed E-state index contributed by atoms with van der Waals surface area (Å²) in [4.78, 5) is 0. The summed E-state index contributed by atoms with van der Waals surface area (Å²) in [5.74, 6) is 0. The van der Waals surface area contributed by atoms with Crippen molar-refractivity contribution in [2.75, 3.05) is 13.2 Å². The first-order valence-electron chi connectivity index (χ1n) is 4.54. The first kappa shape index (κ1) is 11.1. The van der Waals surface area contributed by atoms with E-state index in [2.05, 4.69) is 20.0 Å². The van der Waals surface area contributed by atoms with Gasteiger partial charge < -0.3 is 10.5 Å². The molecule has 0 aromatic rings. The van der Waals surface area contributed by atoms with Gasteiger partial charge in [-0.1, -0.05) is 13.1 Å². The van der Waals surface area contributed by atoms with E-state index < -0.39 is 8.80 Å². The van der Waals surface area contributed by atoms with Crippen LogP contribution in [-0.2, 0) is 4.74 Å². The van der Waals surface area contributed by atoms with Crippen molar-refractivity contribution in [1.29, 1.82) is 0 Å². The molecular weight excluding hydrogens is 154 g/mol. The second-order valence-electron chi connectivity index (χ2n) is 3.17. The highest BCUT2D eigenvalue weighted by atomic mass is 28.3. The maximum Gasteiger partial charge on any atom is 0.0656 e.